The Bertz CT molecular complexity index is 166. The lowest BCUT2D eigenvalue weighted by Gasteiger charge is -2.31. The summed E-state index contributed by atoms with van der Waals surface area (Å²) in [6.07, 6.45) is 8.60. The maximum atomic E-state index is 3.71. The van der Waals surface area contributed by atoms with Crippen LogP contribution >= 0.6 is 11.8 Å². The van der Waals surface area contributed by atoms with Crippen LogP contribution in [-0.2, 0) is 0 Å². The van der Waals surface area contributed by atoms with Crippen molar-refractivity contribution < 1.29 is 0 Å². The van der Waals surface area contributed by atoms with Gasteiger partial charge in [0.05, 0.1) is 0 Å². The van der Waals surface area contributed by atoms with Gasteiger partial charge in [0.15, 0.2) is 0 Å². The number of hydrogen-bond donors (Lipinski definition) is 1. The number of hydrogen-bond acceptors (Lipinski definition) is 2. The van der Waals surface area contributed by atoms with Crippen molar-refractivity contribution in [3.8, 4) is 0 Å². The molecule has 16 heavy (non-hydrogen) atoms. The first-order valence-corrected chi connectivity index (χ1v) is 8.17. The molecule has 0 saturated heterocycles. The minimum atomic E-state index is 0.768. The molecule has 2 unspecified atom stereocenters. The predicted octanol–water partition coefficient (Wildman–Crippen LogP) is 4.08. The first-order valence-electron chi connectivity index (χ1n) is 7.12. The van der Waals surface area contributed by atoms with E-state index in [0.717, 1.165) is 23.8 Å². The lowest BCUT2D eigenvalue weighted by atomic mass is 9.84. The summed E-state index contributed by atoms with van der Waals surface area (Å²) >= 11 is 2.16. The smallest absolute Gasteiger partial charge is 0.0186 e. The predicted molar refractivity (Wildman–Crippen MR) is 76.3 cm³/mol. The van der Waals surface area contributed by atoms with E-state index in [1.165, 1.54) is 44.3 Å². The Balaban J connectivity index is 2.33. The molecule has 0 aliphatic heterocycles. The highest BCUT2D eigenvalue weighted by atomic mass is 32.2. The number of thioether (sulfide) groups is 1. The second kappa shape index (κ2) is 8.41. The molecule has 2 atom stereocenters. The van der Waals surface area contributed by atoms with Gasteiger partial charge in [-0.2, -0.15) is 11.8 Å². The van der Waals surface area contributed by atoms with E-state index in [2.05, 4.69) is 37.8 Å². The first-order chi connectivity index (χ1) is 7.77. The second-order valence-corrected chi connectivity index (χ2v) is 6.59. The van der Waals surface area contributed by atoms with Gasteiger partial charge in [-0.15, -0.1) is 0 Å². The van der Waals surface area contributed by atoms with E-state index in [9.17, 15) is 0 Å². The molecule has 2 heteroatoms. The molecule has 1 aliphatic carbocycles. The van der Waals surface area contributed by atoms with Crippen LogP contribution in [0.2, 0.25) is 0 Å². The van der Waals surface area contributed by atoms with Crippen LogP contribution in [0.5, 0.6) is 0 Å². The summed E-state index contributed by atoms with van der Waals surface area (Å²) in [4.78, 5) is 0. The van der Waals surface area contributed by atoms with E-state index in [-0.39, 0.29) is 0 Å². The van der Waals surface area contributed by atoms with E-state index in [0.29, 0.717) is 0 Å². The van der Waals surface area contributed by atoms with Crippen molar-refractivity contribution in [1.82, 2.24) is 5.32 Å². The van der Waals surface area contributed by atoms with Gasteiger partial charge in [-0.3, -0.25) is 0 Å². The van der Waals surface area contributed by atoms with Crippen molar-refractivity contribution in [2.75, 3.05) is 12.3 Å². The molecule has 96 valence electrons. The molecule has 0 spiro atoms. The summed E-state index contributed by atoms with van der Waals surface area (Å²) in [5, 5.41) is 4.53. The minimum absolute atomic E-state index is 0.768. The Morgan fingerprint density at radius 1 is 1.19 bits per heavy atom. The molecule has 1 saturated carbocycles. The van der Waals surface area contributed by atoms with Crippen molar-refractivity contribution in [2.24, 2.45) is 5.92 Å². The van der Waals surface area contributed by atoms with Crippen molar-refractivity contribution >= 4 is 11.8 Å². The van der Waals surface area contributed by atoms with E-state index in [1.807, 2.05) is 0 Å². The van der Waals surface area contributed by atoms with Crippen LogP contribution in [0, 0.1) is 5.92 Å². The van der Waals surface area contributed by atoms with Crippen molar-refractivity contribution in [1.29, 1.82) is 0 Å². The number of rotatable bonds is 7. The van der Waals surface area contributed by atoms with Crippen LogP contribution in [0.3, 0.4) is 0 Å². The Morgan fingerprint density at radius 3 is 2.44 bits per heavy atom. The van der Waals surface area contributed by atoms with E-state index in [4.69, 9.17) is 0 Å². The van der Waals surface area contributed by atoms with Gasteiger partial charge in [-0.1, -0.05) is 40.0 Å². The summed E-state index contributed by atoms with van der Waals surface area (Å²) in [7, 11) is 0. The minimum Gasteiger partial charge on any atom is -0.313 e. The van der Waals surface area contributed by atoms with Crippen LogP contribution in [0.4, 0.5) is 0 Å². The fourth-order valence-corrected chi connectivity index (χ4v) is 3.71. The van der Waals surface area contributed by atoms with Crippen molar-refractivity contribution in [2.45, 2.75) is 70.6 Å². The molecule has 0 heterocycles. The third kappa shape index (κ3) is 5.09. The van der Waals surface area contributed by atoms with Gasteiger partial charge in [0.1, 0.15) is 0 Å². The topological polar surface area (TPSA) is 12.0 Å². The molecular formula is C14H29NS. The van der Waals surface area contributed by atoms with Gasteiger partial charge in [0.2, 0.25) is 0 Å². The van der Waals surface area contributed by atoms with Gasteiger partial charge >= 0.3 is 0 Å². The standard InChI is InChI=1S/C14H29NS/c1-4-12(3)16-11-14(15-5-2)13-9-7-6-8-10-13/h12-15H,4-11H2,1-3H3. The van der Waals surface area contributed by atoms with Crippen LogP contribution in [-0.4, -0.2) is 23.6 Å². The lowest BCUT2D eigenvalue weighted by molar-refractivity contribution is 0.288. The highest BCUT2D eigenvalue weighted by molar-refractivity contribution is 7.99. The normalized spacial score (nSPS) is 21.9. The summed E-state index contributed by atoms with van der Waals surface area (Å²) in [6.45, 7) is 8.01. The van der Waals surface area contributed by atoms with E-state index < -0.39 is 0 Å². The van der Waals surface area contributed by atoms with Crippen LogP contribution in [0.25, 0.3) is 0 Å². The molecular weight excluding hydrogens is 214 g/mol. The van der Waals surface area contributed by atoms with Crippen LogP contribution in [0.15, 0.2) is 0 Å². The third-order valence-corrected chi connectivity index (χ3v) is 5.27. The molecule has 0 aromatic carbocycles. The second-order valence-electron chi connectivity index (χ2n) is 5.11. The Kier molecular flexibility index (Phi) is 7.55. The summed E-state index contributed by atoms with van der Waals surface area (Å²) in [5.41, 5.74) is 0. The van der Waals surface area contributed by atoms with Crippen LogP contribution < -0.4 is 5.32 Å². The van der Waals surface area contributed by atoms with Gasteiger partial charge in [0, 0.05) is 17.0 Å². The van der Waals surface area contributed by atoms with Gasteiger partial charge in [-0.25, -0.2) is 0 Å². The quantitative estimate of drug-likeness (QED) is 0.723. The highest BCUT2D eigenvalue weighted by Crippen LogP contribution is 2.29. The fraction of sp³-hybridized carbons (Fsp3) is 1.00. The summed E-state index contributed by atoms with van der Waals surface area (Å²) < 4.78 is 0. The average molecular weight is 243 g/mol. The molecule has 1 N–H and O–H groups in total. The SMILES string of the molecule is CCNC(CSC(C)CC)C1CCCCC1. The maximum absolute atomic E-state index is 3.71. The van der Waals surface area contributed by atoms with E-state index in [1.54, 1.807) is 0 Å². The molecule has 1 nitrogen and oxygen atoms in total. The monoisotopic (exact) mass is 243 g/mol. The molecule has 0 aromatic heterocycles. The zero-order valence-corrected chi connectivity index (χ0v) is 12.1. The average Bonchev–Trinajstić information content (AvgIpc) is 2.35. The number of nitrogens with one attached hydrogen (secondary N) is 1. The third-order valence-electron chi connectivity index (χ3n) is 3.82. The summed E-state index contributed by atoms with van der Waals surface area (Å²) in [6, 6.07) is 0.768. The van der Waals surface area contributed by atoms with Crippen molar-refractivity contribution in [3.63, 3.8) is 0 Å². The molecule has 1 rings (SSSR count). The Hall–Kier alpha value is 0.310. The zero-order valence-electron chi connectivity index (χ0n) is 11.3. The van der Waals surface area contributed by atoms with Gasteiger partial charge in [-0.05, 0) is 31.7 Å². The van der Waals surface area contributed by atoms with Crippen LogP contribution in [0.1, 0.15) is 59.3 Å². The zero-order chi connectivity index (χ0) is 11.8. The van der Waals surface area contributed by atoms with Gasteiger partial charge < -0.3 is 5.32 Å². The Morgan fingerprint density at radius 2 is 1.88 bits per heavy atom. The molecule has 0 amide bonds. The van der Waals surface area contributed by atoms with Crippen molar-refractivity contribution in [3.05, 3.63) is 0 Å². The first kappa shape index (κ1) is 14.4. The molecule has 0 aromatic rings. The molecule has 1 aliphatic rings. The molecule has 1 fully saturated rings. The summed E-state index contributed by atoms with van der Waals surface area (Å²) in [5.74, 6) is 2.26. The fourth-order valence-electron chi connectivity index (χ4n) is 2.55. The van der Waals surface area contributed by atoms with Gasteiger partial charge in [0.25, 0.3) is 0 Å². The largest absolute Gasteiger partial charge is 0.313 e. The Labute approximate surface area is 106 Å². The molecule has 0 radical (unpaired) electrons. The highest BCUT2D eigenvalue weighted by Gasteiger charge is 2.23. The lowest BCUT2D eigenvalue weighted by Crippen LogP contribution is -2.39. The van der Waals surface area contributed by atoms with E-state index >= 15 is 0 Å². The maximum Gasteiger partial charge on any atom is 0.0186 e. The molecule has 0 bridgehead atoms.